The third-order valence-corrected chi connectivity index (χ3v) is 3.68. The maximum atomic E-state index is 12.3. The Balaban J connectivity index is 2.47. The van der Waals surface area contributed by atoms with Crippen LogP contribution < -0.4 is 21.1 Å². The molecular weight excluding hydrogens is 350 g/mol. The van der Waals surface area contributed by atoms with E-state index >= 15 is 0 Å². The lowest BCUT2D eigenvalue weighted by Gasteiger charge is -2.20. The first-order valence-electron chi connectivity index (χ1n) is 8.95. The van der Waals surface area contributed by atoms with Gasteiger partial charge in [0.25, 0.3) is 0 Å². The molecule has 1 rings (SSSR count). The minimum atomic E-state index is -1.03. The minimum Gasteiger partial charge on any atom is -0.427 e. The standard InChI is InChI=1S/C19H27N3O5/c1-3-7-17(24)22-15(12-16(20)23)19(26)21-13(2)10-11-18(25)27-14-8-5-4-6-9-14/h4-6,8-9,13,15H,3,7,10-12H2,1-2H3,(H2,20,23)(H,21,26)(H,22,24)/t13-,15+/m0/s1. The predicted molar refractivity (Wildman–Crippen MR) is 99.6 cm³/mol. The molecule has 0 fully saturated rings. The van der Waals surface area contributed by atoms with Crippen molar-refractivity contribution in [2.45, 2.75) is 58.0 Å². The van der Waals surface area contributed by atoms with Crippen molar-refractivity contribution in [1.82, 2.24) is 10.6 Å². The monoisotopic (exact) mass is 377 g/mol. The van der Waals surface area contributed by atoms with Crippen LogP contribution in [-0.4, -0.2) is 35.8 Å². The van der Waals surface area contributed by atoms with Gasteiger partial charge in [-0.15, -0.1) is 0 Å². The molecule has 0 aliphatic carbocycles. The van der Waals surface area contributed by atoms with Crippen molar-refractivity contribution in [2.24, 2.45) is 5.73 Å². The van der Waals surface area contributed by atoms with Gasteiger partial charge in [-0.3, -0.25) is 19.2 Å². The smallest absolute Gasteiger partial charge is 0.311 e. The van der Waals surface area contributed by atoms with E-state index in [0.29, 0.717) is 18.6 Å². The fourth-order valence-corrected chi connectivity index (χ4v) is 2.33. The maximum Gasteiger partial charge on any atom is 0.311 e. The summed E-state index contributed by atoms with van der Waals surface area (Å²) in [6, 6.07) is 7.32. The van der Waals surface area contributed by atoms with Crippen molar-refractivity contribution in [3.8, 4) is 5.75 Å². The number of hydrogen-bond acceptors (Lipinski definition) is 5. The summed E-state index contributed by atoms with van der Waals surface area (Å²) in [5.74, 6) is -1.47. The van der Waals surface area contributed by atoms with Gasteiger partial charge in [-0.05, 0) is 31.9 Å². The molecule has 0 aliphatic heterocycles. The number of rotatable bonds is 11. The normalized spacial score (nSPS) is 12.5. The van der Waals surface area contributed by atoms with Gasteiger partial charge in [-0.2, -0.15) is 0 Å². The molecule has 0 saturated carbocycles. The number of carbonyl (C=O) groups is 4. The lowest BCUT2D eigenvalue weighted by molar-refractivity contribution is -0.135. The van der Waals surface area contributed by atoms with Gasteiger partial charge in [-0.1, -0.05) is 25.1 Å². The van der Waals surface area contributed by atoms with E-state index in [1.54, 1.807) is 31.2 Å². The molecule has 8 nitrogen and oxygen atoms in total. The van der Waals surface area contributed by atoms with Crippen LogP contribution >= 0.6 is 0 Å². The lowest BCUT2D eigenvalue weighted by Crippen LogP contribution is -2.50. The molecule has 0 unspecified atom stereocenters. The molecule has 1 aromatic carbocycles. The first-order chi connectivity index (χ1) is 12.8. The number of para-hydroxylation sites is 1. The van der Waals surface area contributed by atoms with Crippen LogP contribution in [0.25, 0.3) is 0 Å². The van der Waals surface area contributed by atoms with Gasteiger partial charge in [0.05, 0.1) is 6.42 Å². The minimum absolute atomic E-state index is 0.110. The summed E-state index contributed by atoms with van der Waals surface area (Å²) >= 11 is 0. The van der Waals surface area contributed by atoms with Crippen molar-refractivity contribution in [3.05, 3.63) is 30.3 Å². The highest BCUT2D eigenvalue weighted by atomic mass is 16.5. The van der Waals surface area contributed by atoms with E-state index in [0.717, 1.165) is 0 Å². The quantitative estimate of drug-likeness (QED) is 0.392. The topological polar surface area (TPSA) is 128 Å². The summed E-state index contributed by atoms with van der Waals surface area (Å²) in [5.41, 5.74) is 5.15. The van der Waals surface area contributed by atoms with Gasteiger partial charge in [0, 0.05) is 18.9 Å². The Labute approximate surface area is 158 Å². The first kappa shape index (κ1) is 22.1. The number of nitrogens with one attached hydrogen (secondary N) is 2. The highest BCUT2D eigenvalue weighted by Crippen LogP contribution is 2.10. The number of carbonyl (C=O) groups excluding carboxylic acids is 4. The average molecular weight is 377 g/mol. The number of esters is 1. The summed E-state index contributed by atoms with van der Waals surface area (Å²) in [5, 5.41) is 5.19. The first-order valence-corrected chi connectivity index (χ1v) is 8.95. The summed E-state index contributed by atoms with van der Waals surface area (Å²) in [6.07, 6.45) is 1.05. The lowest BCUT2D eigenvalue weighted by atomic mass is 10.1. The van der Waals surface area contributed by atoms with Crippen molar-refractivity contribution in [2.75, 3.05) is 0 Å². The molecule has 4 N–H and O–H groups in total. The van der Waals surface area contributed by atoms with Gasteiger partial charge in [0.15, 0.2) is 0 Å². The van der Waals surface area contributed by atoms with E-state index < -0.39 is 23.8 Å². The molecule has 0 saturated heterocycles. The Morgan fingerprint density at radius 1 is 1.07 bits per heavy atom. The second kappa shape index (κ2) is 11.7. The molecule has 0 spiro atoms. The van der Waals surface area contributed by atoms with Gasteiger partial charge in [-0.25, -0.2) is 0 Å². The summed E-state index contributed by atoms with van der Waals surface area (Å²) in [7, 11) is 0. The summed E-state index contributed by atoms with van der Waals surface area (Å²) in [6.45, 7) is 3.56. The van der Waals surface area contributed by atoms with Crippen LogP contribution in [0.15, 0.2) is 30.3 Å². The second-order valence-electron chi connectivity index (χ2n) is 6.28. The second-order valence-corrected chi connectivity index (χ2v) is 6.28. The van der Waals surface area contributed by atoms with Gasteiger partial charge < -0.3 is 21.1 Å². The van der Waals surface area contributed by atoms with Gasteiger partial charge in [0.1, 0.15) is 11.8 Å². The fourth-order valence-electron chi connectivity index (χ4n) is 2.33. The van der Waals surface area contributed by atoms with E-state index in [-0.39, 0.29) is 31.2 Å². The Bertz CT molecular complexity index is 648. The molecule has 8 heteroatoms. The molecular formula is C19H27N3O5. The van der Waals surface area contributed by atoms with Crippen molar-refractivity contribution in [1.29, 1.82) is 0 Å². The average Bonchev–Trinajstić information content (AvgIpc) is 2.60. The largest absolute Gasteiger partial charge is 0.427 e. The van der Waals surface area contributed by atoms with Crippen LogP contribution in [0, 0.1) is 0 Å². The fraction of sp³-hybridized carbons (Fsp3) is 0.474. The van der Waals surface area contributed by atoms with Crippen molar-refractivity contribution >= 4 is 23.7 Å². The number of nitrogens with two attached hydrogens (primary N) is 1. The summed E-state index contributed by atoms with van der Waals surface area (Å²) in [4.78, 5) is 47.0. The number of ether oxygens (including phenoxy) is 1. The zero-order valence-electron chi connectivity index (χ0n) is 15.7. The molecule has 148 valence electrons. The van der Waals surface area contributed by atoms with Gasteiger partial charge in [0.2, 0.25) is 17.7 Å². The van der Waals surface area contributed by atoms with Crippen LogP contribution in [0.3, 0.4) is 0 Å². The van der Waals surface area contributed by atoms with Gasteiger partial charge >= 0.3 is 5.97 Å². The number of amides is 3. The number of primary amides is 1. The summed E-state index contributed by atoms with van der Waals surface area (Å²) < 4.78 is 5.18. The maximum absolute atomic E-state index is 12.3. The molecule has 0 bridgehead atoms. The Morgan fingerprint density at radius 3 is 2.33 bits per heavy atom. The Hall–Kier alpha value is -2.90. The van der Waals surface area contributed by atoms with E-state index in [2.05, 4.69) is 10.6 Å². The highest BCUT2D eigenvalue weighted by Gasteiger charge is 2.24. The van der Waals surface area contributed by atoms with Crippen LogP contribution in [0.2, 0.25) is 0 Å². The zero-order valence-corrected chi connectivity index (χ0v) is 15.7. The third-order valence-electron chi connectivity index (χ3n) is 3.68. The highest BCUT2D eigenvalue weighted by molar-refractivity contribution is 5.91. The van der Waals surface area contributed by atoms with E-state index in [1.165, 1.54) is 0 Å². The molecule has 27 heavy (non-hydrogen) atoms. The van der Waals surface area contributed by atoms with Crippen LogP contribution in [0.5, 0.6) is 5.75 Å². The predicted octanol–water partition coefficient (Wildman–Crippen LogP) is 1.04. The number of hydrogen-bond donors (Lipinski definition) is 3. The SMILES string of the molecule is CCCC(=O)N[C@H](CC(N)=O)C(=O)N[C@@H](C)CCC(=O)Oc1ccccc1. The molecule has 0 heterocycles. The Morgan fingerprint density at radius 2 is 1.74 bits per heavy atom. The molecule has 0 aliphatic rings. The zero-order chi connectivity index (χ0) is 20.2. The van der Waals surface area contributed by atoms with Crippen LogP contribution in [0.4, 0.5) is 0 Å². The van der Waals surface area contributed by atoms with Crippen molar-refractivity contribution < 1.29 is 23.9 Å². The van der Waals surface area contributed by atoms with E-state index in [1.807, 2.05) is 13.0 Å². The molecule has 2 atom stereocenters. The van der Waals surface area contributed by atoms with Crippen LogP contribution in [0.1, 0.15) is 46.0 Å². The van der Waals surface area contributed by atoms with Crippen LogP contribution in [-0.2, 0) is 19.2 Å². The van der Waals surface area contributed by atoms with E-state index in [4.69, 9.17) is 10.5 Å². The third kappa shape index (κ3) is 9.39. The van der Waals surface area contributed by atoms with E-state index in [9.17, 15) is 19.2 Å². The molecule has 3 amide bonds. The molecule has 1 aromatic rings. The molecule has 0 radical (unpaired) electrons. The van der Waals surface area contributed by atoms with Crippen molar-refractivity contribution in [3.63, 3.8) is 0 Å². The molecule has 0 aromatic heterocycles. The number of benzene rings is 1. The Kier molecular flexibility index (Phi) is 9.57.